The lowest BCUT2D eigenvalue weighted by molar-refractivity contribution is 0.189. The number of methoxy groups -OCH3 is 1. The van der Waals surface area contributed by atoms with Crippen molar-refractivity contribution >= 4 is 0 Å². The Hall–Kier alpha value is -1.02. The molecular weight excluding hydrogens is 212 g/mol. The van der Waals surface area contributed by atoms with Crippen LogP contribution in [0.15, 0.2) is 12.1 Å². The smallest absolute Gasteiger partial charge is 0.124 e. The van der Waals surface area contributed by atoms with Crippen LogP contribution in [-0.2, 0) is 6.42 Å². The zero-order chi connectivity index (χ0) is 13.0. The molecule has 1 rings (SSSR count). The molecule has 0 amide bonds. The minimum absolute atomic E-state index is 0.252. The largest absolute Gasteiger partial charge is 0.496 e. The summed E-state index contributed by atoms with van der Waals surface area (Å²) in [5.74, 6) is 1.81. The van der Waals surface area contributed by atoms with Crippen molar-refractivity contribution < 1.29 is 9.84 Å². The van der Waals surface area contributed by atoms with Crippen LogP contribution in [0.2, 0.25) is 0 Å². The van der Waals surface area contributed by atoms with Crippen LogP contribution < -0.4 is 4.74 Å². The Kier molecular flexibility index (Phi) is 5.01. The van der Waals surface area contributed by atoms with Crippen LogP contribution in [-0.4, -0.2) is 18.8 Å². The average Bonchev–Trinajstić information content (AvgIpc) is 2.25. The molecule has 96 valence electrons. The van der Waals surface area contributed by atoms with Gasteiger partial charge in [0.05, 0.1) is 7.11 Å². The van der Waals surface area contributed by atoms with Crippen molar-refractivity contribution in [1.29, 1.82) is 0 Å². The van der Waals surface area contributed by atoms with Gasteiger partial charge in [-0.2, -0.15) is 0 Å². The molecule has 1 atom stereocenters. The molecule has 0 heterocycles. The fourth-order valence-corrected chi connectivity index (χ4v) is 2.29. The Labute approximate surface area is 105 Å². The second-order valence-electron chi connectivity index (χ2n) is 5.15. The van der Waals surface area contributed by atoms with Gasteiger partial charge in [0, 0.05) is 6.61 Å². The molecule has 0 aliphatic carbocycles. The Balaban J connectivity index is 2.93. The number of hydrogen-bond donors (Lipinski definition) is 1. The van der Waals surface area contributed by atoms with Crippen molar-refractivity contribution in [2.45, 2.75) is 34.1 Å². The van der Waals surface area contributed by atoms with Crippen molar-refractivity contribution in [2.75, 3.05) is 13.7 Å². The number of aryl methyl sites for hydroxylation is 2. The molecule has 0 spiro atoms. The third kappa shape index (κ3) is 3.47. The second-order valence-corrected chi connectivity index (χ2v) is 5.15. The maximum atomic E-state index is 9.37. The van der Waals surface area contributed by atoms with Gasteiger partial charge in [-0.25, -0.2) is 0 Å². The summed E-state index contributed by atoms with van der Waals surface area (Å²) in [6.45, 7) is 8.70. The highest BCUT2D eigenvalue weighted by Crippen LogP contribution is 2.26. The average molecular weight is 236 g/mol. The lowest BCUT2D eigenvalue weighted by Crippen LogP contribution is -2.16. The number of ether oxygens (including phenoxy) is 1. The second kappa shape index (κ2) is 6.06. The molecule has 1 unspecified atom stereocenters. The van der Waals surface area contributed by atoms with Gasteiger partial charge in [0.1, 0.15) is 5.75 Å². The first-order chi connectivity index (χ1) is 7.99. The van der Waals surface area contributed by atoms with E-state index in [1.165, 1.54) is 16.7 Å². The number of aliphatic hydroxyl groups excluding tert-OH is 1. The van der Waals surface area contributed by atoms with E-state index >= 15 is 0 Å². The maximum Gasteiger partial charge on any atom is 0.124 e. The fourth-order valence-electron chi connectivity index (χ4n) is 2.29. The van der Waals surface area contributed by atoms with Gasteiger partial charge in [-0.15, -0.1) is 0 Å². The number of benzene rings is 1. The first-order valence-corrected chi connectivity index (χ1v) is 6.24. The summed E-state index contributed by atoms with van der Waals surface area (Å²) >= 11 is 0. The molecule has 0 aliphatic rings. The lowest BCUT2D eigenvalue weighted by atomic mass is 9.89. The predicted molar refractivity (Wildman–Crippen MR) is 71.6 cm³/mol. The van der Waals surface area contributed by atoms with Crippen LogP contribution in [0, 0.1) is 25.7 Å². The summed E-state index contributed by atoms with van der Waals surface area (Å²) in [5.41, 5.74) is 3.62. The van der Waals surface area contributed by atoms with Gasteiger partial charge in [-0.3, -0.25) is 0 Å². The first kappa shape index (κ1) is 14.0. The monoisotopic (exact) mass is 236 g/mol. The van der Waals surface area contributed by atoms with Gasteiger partial charge >= 0.3 is 0 Å². The Morgan fingerprint density at radius 2 is 1.71 bits per heavy atom. The molecule has 0 aliphatic heterocycles. The van der Waals surface area contributed by atoms with Crippen LogP contribution in [0.4, 0.5) is 0 Å². The molecule has 17 heavy (non-hydrogen) atoms. The van der Waals surface area contributed by atoms with E-state index in [-0.39, 0.29) is 6.61 Å². The lowest BCUT2D eigenvalue weighted by Gasteiger charge is -2.19. The molecule has 0 saturated carbocycles. The van der Waals surface area contributed by atoms with Gasteiger partial charge in [-0.1, -0.05) is 26.0 Å². The molecular formula is C15H24O2. The maximum absolute atomic E-state index is 9.37. The van der Waals surface area contributed by atoms with Crippen LogP contribution in [0.5, 0.6) is 5.75 Å². The Morgan fingerprint density at radius 1 is 1.18 bits per heavy atom. The van der Waals surface area contributed by atoms with Gasteiger partial charge in [-0.05, 0) is 48.8 Å². The van der Waals surface area contributed by atoms with E-state index in [0.717, 1.165) is 12.2 Å². The molecule has 0 aromatic heterocycles. The van der Waals surface area contributed by atoms with Crippen molar-refractivity contribution in [2.24, 2.45) is 11.8 Å². The van der Waals surface area contributed by atoms with Crippen molar-refractivity contribution in [3.63, 3.8) is 0 Å². The molecule has 0 bridgehead atoms. The fraction of sp³-hybridized carbons (Fsp3) is 0.600. The topological polar surface area (TPSA) is 29.5 Å². The molecule has 0 radical (unpaired) electrons. The number of hydrogen-bond acceptors (Lipinski definition) is 2. The van der Waals surface area contributed by atoms with Crippen LogP contribution >= 0.6 is 0 Å². The van der Waals surface area contributed by atoms with Crippen LogP contribution in [0.3, 0.4) is 0 Å². The van der Waals surface area contributed by atoms with E-state index in [9.17, 15) is 5.11 Å². The van der Waals surface area contributed by atoms with Gasteiger partial charge < -0.3 is 9.84 Å². The molecule has 1 aromatic carbocycles. The van der Waals surface area contributed by atoms with E-state index in [4.69, 9.17) is 4.74 Å². The standard InChI is InChI=1S/C15H24O2/c1-10(2)14(9-16)8-13-6-11(3)15(17-5)12(4)7-13/h6-7,10,14,16H,8-9H2,1-5H3. The van der Waals surface area contributed by atoms with E-state index in [2.05, 4.69) is 39.8 Å². The summed E-state index contributed by atoms with van der Waals surface area (Å²) in [5, 5.41) is 9.37. The first-order valence-electron chi connectivity index (χ1n) is 6.24. The van der Waals surface area contributed by atoms with Crippen LogP contribution in [0.1, 0.15) is 30.5 Å². The Bertz CT molecular complexity index is 346. The molecule has 2 nitrogen and oxygen atoms in total. The van der Waals surface area contributed by atoms with E-state index in [1.54, 1.807) is 7.11 Å². The van der Waals surface area contributed by atoms with Crippen molar-refractivity contribution in [1.82, 2.24) is 0 Å². The van der Waals surface area contributed by atoms with E-state index in [1.807, 2.05) is 0 Å². The third-order valence-electron chi connectivity index (χ3n) is 3.40. The minimum atomic E-state index is 0.252. The summed E-state index contributed by atoms with van der Waals surface area (Å²) in [6, 6.07) is 4.33. The summed E-state index contributed by atoms with van der Waals surface area (Å²) in [7, 11) is 1.71. The quantitative estimate of drug-likeness (QED) is 0.851. The highest BCUT2D eigenvalue weighted by Gasteiger charge is 2.14. The molecule has 0 saturated heterocycles. The van der Waals surface area contributed by atoms with Crippen molar-refractivity contribution in [3.8, 4) is 5.75 Å². The van der Waals surface area contributed by atoms with Gasteiger partial charge in [0.25, 0.3) is 0 Å². The minimum Gasteiger partial charge on any atom is -0.496 e. The SMILES string of the molecule is COc1c(C)cc(CC(CO)C(C)C)cc1C. The summed E-state index contributed by atoms with van der Waals surface area (Å²) in [4.78, 5) is 0. The van der Waals surface area contributed by atoms with Gasteiger partial charge in [0.2, 0.25) is 0 Å². The van der Waals surface area contributed by atoms with Crippen molar-refractivity contribution in [3.05, 3.63) is 28.8 Å². The highest BCUT2D eigenvalue weighted by atomic mass is 16.5. The van der Waals surface area contributed by atoms with Crippen LogP contribution in [0.25, 0.3) is 0 Å². The summed E-state index contributed by atoms with van der Waals surface area (Å²) in [6.07, 6.45) is 0.930. The zero-order valence-electron chi connectivity index (χ0n) is 11.6. The Morgan fingerprint density at radius 3 is 2.06 bits per heavy atom. The highest BCUT2D eigenvalue weighted by molar-refractivity contribution is 5.43. The third-order valence-corrected chi connectivity index (χ3v) is 3.40. The normalized spacial score (nSPS) is 12.9. The van der Waals surface area contributed by atoms with E-state index < -0.39 is 0 Å². The zero-order valence-corrected chi connectivity index (χ0v) is 11.6. The molecule has 0 fully saturated rings. The molecule has 2 heteroatoms. The number of rotatable bonds is 5. The molecule has 1 aromatic rings. The molecule has 1 N–H and O–H groups in total. The number of aliphatic hydroxyl groups is 1. The van der Waals surface area contributed by atoms with Gasteiger partial charge in [0.15, 0.2) is 0 Å². The summed E-state index contributed by atoms with van der Waals surface area (Å²) < 4.78 is 5.36. The van der Waals surface area contributed by atoms with E-state index in [0.29, 0.717) is 11.8 Å². The predicted octanol–water partition coefficient (Wildman–Crippen LogP) is 3.12.